The van der Waals surface area contributed by atoms with Crippen LogP contribution in [0.4, 0.5) is 5.13 Å². The van der Waals surface area contributed by atoms with Gasteiger partial charge in [-0.3, -0.25) is 9.69 Å². The zero-order valence-electron chi connectivity index (χ0n) is 21.5. The molecule has 1 aliphatic rings. The first-order chi connectivity index (χ1) is 17.2. The molecule has 1 fully saturated rings. The highest BCUT2D eigenvalue weighted by atomic mass is 32.2. The third-order valence-corrected chi connectivity index (χ3v) is 9.90. The molecule has 0 aliphatic heterocycles. The quantitative estimate of drug-likeness (QED) is 0.366. The molecule has 8 nitrogen and oxygen atoms in total. The number of hydrogen-bond acceptors (Lipinski definition) is 7. The minimum absolute atomic E-state index is 0.0753. The minimum Gasteiger partial charge on any atom is -0.494 e. The van der Waals surface area contributed by atoms with Crippen LogP contribution in [0.15, 0.2) is 41.3 Å². The van der Waals surface area contributed by atoms with E-state index < -0.39 is 10.0 Å². The second-order valence-corrected chi connectivity index (χ2v) is 12.0. The van der Waals surface area contributed by atoms with Gasteiger partial charge in [-0.1, -0.05) is 31.3 Å². The smallest absolute Gasteiger partial charge is 0.260 e. The summed E-state index contributed by atoms with van der Waals surface area (Å²) in [4.78, 5) is 22.7. The zero-order valence-corrected chi connectivity index (χ0v) is 23.2. The van der Waals surface area contributed by atoms with Crippen LogP contribution in [0.1, 0.15) is 42.6 Å². The van der Waals surface area contributed by atoms with Crippen LogP contribution in [0, 0.1) is 6.92 Å². The van der Waals surface area contributed by atoms with Crippen molar-refractivity contribution in [3.8, 4) is 5.75 Å². The third-order valence-electron chi connectivity index (χ3n) is 6.76. The summed E-state index contributed by atoms with van der Waals surface area (Å²) >= 11 is 1.47. The molecule has 0 atom stereocenters. The lowest BCUT2D eigenvalue weighted by molar-refractivity contribution is 0.0983. The monoisotopic (exact) mass is 530 g/mol. The van der Waals surface area contributed by atoms with E-state index in [-0.39, 0.29) is 16.8 Å². The number of aryl methyl sites for hydroxylation is 1. The number of fused-ring (bicyclic) bond motifs is 1. The first-order valence-corrected chi connectivity index (χ1v) is 14.5. The Labute approximate surface area is 217 Å². The lowest BCUT2D eigenvalue weighted by Gasteiger charge is -2.25. The maximum Gasteiger partial charge on any atom is 0.260 e. The van der Waals surface area contributed by atoms with Crippen molar-refractivity contribution >= 4 is 42.6 Å². The fourth-order valence-corrected chi connectivity index (χ4v) is 6.66. The number of carbonyl (C=O) groups excluding carboxylic acids is 1. The lowest BCUT2D eigenvalue weighted by atomic mass is 10.2. The van der Waals surface area contributed by atoms with Gasteiger partial charge in [-0.25, -0.2) is 13.4 Å². The van der Waals surface area contributed by atoms with Crippen molar-refractivity contribution in [3.05, 3.63) is 47.5 Å². The SMILES string of the molecule is CCN(CC)CCN(C(=O)c1ccc(S(=O)(=O)N(C)C2CC2)cc1)c1nc2c(OC)ccc(C)c2s1. The van der Waals surface area contributed by atoms with E-state index in [4.69, 9.17) is 9.72 Å². The first-order valence-electron chi connectivity index (χ1n) is 12.3. The fourth-order valence-electron chi connectivity index (χ4n) is 4.17. The molecule has 1 saturated carbocycles. The van der Waals surface area contributed by atoms with Crippen molar-refractivity contribution in [1.82, 2.24) is 14.2 Å². The van der Waals surface area contributed by atoms with Crippen molar-refractivity contribution in [2.24, 2.45) is 0 Å². The Morgan fingerprint density at radius 3 is 2.33 bits per heavy atom. The largest absolute Gasteiger partial charge is 0.494 e. The highest BCUT2D eigenvalue weighted by Crippen LogP contribution is 2.37. The van der Waals surface area contributed by atoms with Crippen molar-refractivity contribution in [2.45, 2.75) is 44.6 Å². The van der Waals surface area contributed by atoms with Gasteiger partial charge in [0, 0.05) is 31.7 Å². The van der Waals surface area contributed by atoms with E-state index in [1.165, 1.54) is 27.8 Å². The molecule has 0 radical (unpaired) electrons. The number of aromatic nitrogens is 1. The van der Waals surface area contributed by atoms with Crippen LogP contribution < -0.4 is 9.64 Å². The molecule has 4 rings (SSSR count). The molecular formula is C26H34N4O4S2. The minimum atomic E-state index is -3.57. The number of sulfonamides is 1. The molecule has 2 aromatic carbocycles. The Morgan fingerprint density at radius 2 is 1.75 bits per heavy atom. The van der Waals surface area contributed by atoms with Crippen LogP contribution in [0.5, 0.6) is 5.75 Å². The van der Waals surface area contributed by atoms with E-state index in [2.05, 4.69) is 18.7 Å². The highest BCUT2D eigenvalue weighted by molar-refractivity contribution is 7.89. The van der Waals surface area contributed by atoms with Crippen molar-refractivity contribution in [3.63, 3.8) is 0 Å². The average molecular weight is 531 g/mol. The molecule has 1 aliphatic carbocycles. The molecular weight excluding hydrogens is 496 g/mol. The lowest BCUT2D eigenvalue weighted by Crippen LogP contribution is -2.39. The van der Waals surface area contributed by atoms with E-state index in [9.17, 15) is 13.2 Å². The molecule has 0 bridgehead atoms. The third kappa shape index (κ3) is 5.27. The summed E-state index contributed by atoms with van der Waals surface area (Å²) in [5.74, 6) is 0.459. The van der Waals surface area contributed by atoms with Crippen LogP contribution in [0.3, 0.4) is 0 Å². The van der Waals surface area contributed by atoms with Crippen LogP contribution in [-0.4, -0.2) is 74.9 Å². The van der Waals surface area contributed by atoms with Crippen LogP contribution in [-0.2, 0) is 10.0 Å². The molecule has 194 valence electrons. The summed E-state index contributed by atoms with van der Waals surface area (Å²) in [5.41, 5.74) is 2.23. The number of benzene rings is 2. The van der Waals surface area contributed by atoms with Gasteiger partial charge in [0.1, 0.15) is 11.3 Å². The summed E-state index contributed by atoms with van der Waals surface area (Å²) in [5, 5.41) is 0.597. The number of nitrogens with zero attached hydrogens (tertiary/aromatic N) is 4. The van der Waals surface area contributed by atoms with Crippen molar-refractivity contribution < 1.29 is 17.9 Å². The van der Waals surface area contributed by atoms with E-state index in [1.54, 1.807) is 31.2 Å². The van der Waals surface area contributed by atoms with Gasteiger partial charge in [0.25, 0.3) is 5.91 Å². The Kier molecular flexibility index (Phi) is 7.99. The van der Waals surface area contributed by atoms with Gasteiger partial charge in [0.15, 0.2) is 5.13 Å². The number of anilines is 1. The first kappa shape index (κ1) is 26.5. The van der Waals surface area contributed by atoms with Gasteiger partial charge in [-0.2, -0.15) is 4.31 Å². The Balaban J connectivity index is 1.67. The molecule has 1 heterocycles. The molecule has 0 spiro atoms. The predicted octanol–water partition coefficient (Wildman–Crippen LogP) is 4.38. The van der Waals surface area contributed by atoms with Crippen LogP contribution in [0.2, 0.25) is 0 Å². The van der Waals surface area contributed by atoms with Gasteiger partial charge in [0.05, 0.1) is 16.7 Å². The van der Waals surface area contributed by atoms with Crippen LogP contribution >= 0.6 is 11.3 Å². The van der Waals surface area contributed by atoms with Gasteiger partial charge < -0.3 is 9.64 Å². The number of likely N-dealkylation sites (N-methyl/N-ethyl adjacent to an activating group) is 1. The predicted molar refractivity (Wildman–Crippen MR) is 145 cm³/mol. The normalized spacial score (nSPS) is 14.1. The van der Waals surface area contributed by atoms with E-state index in [1.807, 2.05) is 19.1 Å². The topological polar surface area (TPSA) is 83.1 Å². The van der Waals surface area contributed by atoms with Gasteiger partial charge in [-0.15, -0.1) is 0 Å². The fraction of sp³-hybridized carbons (Fsp3) is 0.462. The summed E-state index contributed by atoms with van der Waals surface area (Å²) in [6, 6.07) is 10.2. The summed E-state index contributed by atoms with van der Waals surface area (Å²) in [7, 11) is -0.342. The number of thiazole rings is 1. The number of hydrogen-bond donors (Lipinski definition) is 0. The number of amides is 1. The Morgan fingerprint density at radius 1 is 1.08 bits per heavy atom. The number of rotatable bonds is 11. The van der Waals surface area contributed by atoms with Crippen LogP contribution in [0.25, 0.3) is 10.2 Å². The average Bonchev–Trinajstić information content (AvgIpc) is 3.64. The molecule has 0 unspecified atom stereocenters. The van der Waals surface area contributed by atoms with Gasteiger partial charge in [-0.05, 0) is 68.8 Å². The molecule has 0 saturated heterocycles. The molecule has 36 heavy (non-hydrogen) atoms. The maximum atomic E-state index is 13.7. The standard InChI is InChI=1S/C26H34N4O4S2/c1-6-29(7-2)16-17-30(26-27-23-22(34-5)15-8-18(3)24(23)35-26)25(31)19-9-13-21(14-10-19)36(32,33)28(4)20-11-12-20/h8-10,13-15,20H,6-7,11-12,16-17H2,1-5H3. The highest BCUT2D eigenvalue weighted by Gasteiger charge is 2.35. The Hall–Kier alpha value is -2.53. The van der Waals surface area contributed by atoms with Crippen molar-refractivity contribution in [1.29, 1.82) is 0 Å². The number of carbonyl (C=O) groups is 1. The summed E-state index contributed by atoms with van der Waals surface area (Å²) in [6.07, 6.45) is 1.78. The second kappa shape index (κ2) is 10.8. The van der Waals surface area contributed by atoms with Gasteiger partial charge >= 0.3 is 0 Å². The number of ether oxygens (including phenoxy) is 1. The second-order valence-electron chi connectivity index (χ2n) is 9.02. The number of methoxy groups -OCH3 is 1. The maximum absolute atomic E-state index is 13.7. The molecule has 1 amide bonds. The van der Waals surface area contributed by atoms with Crippen molar-refractivity contribution in [2.75, 3.05) is 45.2 Å². The molecule has 10 heteroatoms. The van der Waals surface area contributed by atoms with Gasteiger partial charge in [0.2, 0.25) is 10.0 Å². The molecule has 3 aromatic rings. The van der Waals surface area contributed by atoms with E-state index in [0.29, 0.717) is 29.5 Å². The molecule has 1 aromatic heterocycles. The molecule has 0 N–H and O–H groups in total. The Bertz CT molecular complexity index is 1330. The summed E-state index contributed by atoms with van der Waals surface area (Å²) < 4.78 is 33.7. The van der Waals surface area contributed by atoms with E-state index >= 15 is 0 Å². The summed E-state index contributed by atoms with van der Waals surface area (Å²) in [6.45, 7) is 9.14. The zero-order chi connectivity index (χ0) is 26.0. The van der Waals surface area contributed by atoms with E-state index in [0.717, 1.165) is 41.7 Å².